The van der Waals surface area contributed by atoms with Gasteiger partial charge in [0.2, 0.25) is 5.28 Å². The predicted molar refractivity (Wildman–Crippen MR) is 112 cm³/mol. The number of aliphatic hydroxyl groups is 1. The topological polar surface area (TPSA) is 84.1 Å². The molecule has 0 saturated carbocycles. The van der Waals surface area contributed by atoms with E-state index in [1.165, 1.54) is 4.88 Å². The van der Waals surface area contributed by atoms with E-state index in [2.05, 4.69) is 21.4 Å². The van der Waals surface area contributed by atoms with E-state index < -0.39 is 0 Å². The van der Waals surface area contributed by atoms with E-state index in [1.54, 1.807) is 22.7 Å². The third-order valence-electron chi connectivity index (χ3n) is 3.53. The first-order valence-electron chi connectivity index (χ1n) is 7.16. The summed E-state index contributed by atoms with van der Waals surface area (Å²) in [5, 5.41) is 14.8. The minimum Gasteiger partial charge on any atom is -0.395 e. The number of hydrogen-bond acceptors (Lipinski definition) is 7. The zero-order valence-corrected chi connectivity index (χ0v) is 17.4. The Morgan fingerprint density at radius 1 is 1.36 bits per heavy atom. The fourth-order valence-electron chi connectivity index (χ4n) is 2.31. The molecule has 0 aromatic carbocycles. The average Bonchev–Trinajstić information content (AvgIpc) is 3.15. The first kappa shape index (κ1) is 22.4. The van der Waals surface area contributed by atoms with Gasteiger partial charge in [-0.25, -0.2) is 4.98 Å². The van der Waals surface area contributed by atoms with E-state index in [9.17, 15) is 0 Å². The zero-order chi connectivity index (χ0) is 16.4. The summed E-state index contributed by atoms with van der Waals surface area (Å²) in [6.07, 6.45) is 0.616. The summed E-state index contributed by atoms with van der Waals surface area (Å²) >= 11 is 9.38. The molecule has 0 bridgehead atoms. The molecule has 0 fully saturated rings. The van der Waals surface area contributed by atoms with Crippen LogP contribution in [0.5, 0.6) is 0 Å². The highest BCUT2D eigenvalue weighted by Gasteiger charge is 2.17. The Kier molecular flexibility index (Phi) is 8.83. The number of nitrogens with one attached hydrogen (secondary N) is 1. The lowest BCUT2D eigenvalue weighted by atomic mass is 10.1. The van der Waals surface area contributed by atoms with E-state index in [-0.39, 0.29) is 42.7 Å². The Labute approximate surface area is 171 Å². The first-order chi connectivity index (χ1) is 11.1. The lowest BCUT2D eigenvalue weighted by Gasteiger charge is -2.06. The van der Waals surface area contributed by atoms with Crippen LogP contribution in [0, 0.1) is 6.92 Å². The number of aromatic nitrogens is 2. The standard InChI is InChI=1S/C15H17ClN4OS2.2ClH/c1-8-11(5-9(17)7-21)23-13-12(8)19-15(16)20-14(13)18-6-10-3-2-4-22-10;;/h2-4,9,21H,5-7,17H2,1H3,(H,18,19,20);2*1H. The van der Waals surface area contributed by atoms with Crippen molar-refractivity contribution in [2.75, 3.05) is 11.9 Å². The van der Waals surface area contributed by atoms with E-state index in [0.29, 0.717) is 13.0 Å². The summed E-state index contributed by atoms with van der Waals surface area (Å²) in [7, 11) is 0. The van der Waals surface area contributed by atoms with Gasteiger partial charge in [0.1, 0.15) is 5.82 Å². The molecule has 0 spiro atoms. The van der Waals surface area contributed by atoms with Gasteiger partial charge in [0.25, 0.3) is 0 Å². The monoisotopic (exact) mass is 440 g/mol. The Morgan fingerprint density at radius 3 is 2.76 bits per heavy atom. The summed E-state index contributed by atoms with van der Waals surface area (Å²) in [6.45, 7) is 2.66. The molecule has 0 aliphatic heterocycles. The molecule has 5 nitrogen and oxygen atoms in total. The van der Waals surface area contributed by atoms with E-state index in [0.717, 1.165) is 26.5 Å². The Hall–Kier alpha value is -0.670. The maximum Gasteiger partial charge on any atom is 0.224 e. The molecule has 3 heterocycles. The maximum atomic E-state index is 9.17. The van der Waals surface area contributed by atoms with Gasteiger partial charge in [-0.15, -0.1) is 47.5 Å². The van der Waals surface area contributed by atoms with Crippen molar-refractivity contribution in [3.8, 4) is 0 Å². The summed E-state index contributed by atoms with van der Waals surface area (Å²) < 4.78 is 0.976. The van der Waals surface area contributed by atoms with Crippen molar-refractivity contribution in [2.45, 2.75) is 25.9 Å². The normalized spacial score (nSPS) is 11.7. The van der Waals surface area contributed by atoms with Gasteiger partial charge in [-0.3, -0.25) is 0 Å². The smallest absolute Gasteiger partial charge is 0.224 e. The van der Waals surface area contributed by atoms with Crippen LogP contribution < -0.4 is 11.1 Å². The van der Waals surface area contributed by atoms with Crippen molar-refractivity contribution in [3.63, 3.8) is 0 Å². The second-order valence-corrected chi connectivity index (χ2v) is 7.72. The van der Waals surface area contributed by atoms with Gasteiger partial charge < -0.3 is 16.2 Å². The Bertz CT molecular complexity index is 811. The van der Waals surface area contributed by atoms with E-state index in [4.69, 9.17) is 22.4 Å². The van der Waals surface area contributed by atoms with Crippen molar-refractivity contribution in [1.29, 1.82) is 0 Å². The predicted octanol–water partition coefficient (Wildman–Crippen LogP) is 4.03. The molecule has 3 aromatic heterocycles. The molecule has 10 heteroatoms. The van der Waals surface area contributed by atoms with Crippen LogP contribution in [0.15, 0.2) is 17.5 Å². The number of hydrogen-bond donors (Lipinski definition) is 3. The van der Waals surface area contributed by atoms with Crippen LogP contribution in [0.1, 0.15) is 15.3 Å². The highest BCUT2D eigenvalue weighted by molar-refractivity contribution is 7.19. The van der Waals surface area contributed by atoms with Crippen molar-refractivity contribution in [3.05, 3.63) is 38.1 Å². The number of fused-ring (bicyclic) bond motifs is 1. The summed E-state index contributed by atoms with van der Waals surface area (Å²) in [5.74, 6) is 0.741. The van der Waals surface area contributed by atoms with Gasteiger partial charge in [0, 0.05) is 15.8 Å². The molecule has 138 valence electrons. The molecule has 0 saturated heterocycles. The van der Waals surface area contributed by atoms with Crippen molar-refractivity contribution >= 4 is 75.1 Å². The maximum absolute atomic E-state index is 9.17. The van der Waals surface area contributed by atoms with Crippen LogP contribution in [0.2, 0.25) is 5.28 Å². The lowest BCUT2D eigenvalue weighted by Crippen LogP contribution is -2.26. The van der Waals surface area contributed by atoms with Crippen molar-refractivity contribution in [2.24, 2.45) is 5.73 Å². The number of nitrogens with two attached hydrogens (primary N) is 1. The van der Waals surface area contributed by atoms with Crippen molar-refractivity contribution < 1.29 is 5.11 Å². The molecule has 0 aliphatic rings. The molecule has 0 radical (unpaired) electrons. The third-order valence-corrected chi connectivity index (χ3v) is 5.88. The Morgan fingerprint density at radius 2 is 2.12 bits per heavy atom. The Balaban J connectivity index is 0.00000156. The van der Waals surface area contributed by atoms with Gasteiger partial charge >= 0.3 is 0 Å². The summed E-state index contributed by atoms with van der Waals surface area (Å²) in [5.41, 5.74) is 7.77. The zero-order valence-electron chi connectivity index (χ0n) is 13.4. The van der Waals surface area contributed by atoms with Gasteiger partial charge in [-0.05, 0) is 42.0 Å². The molecule has 1 atom stereocenters. The molecular weight excluding hydrogens is 423 g/mol. The molecule has 25 heavy (non-hydrogen) atoms. The first-order valence-corrected chi connectivity index (χ1v) is 9.24. The SMILES string of the molecule is Cc1c(CC(N)CO)sc2c(NCc3cccs3)nc(Cl)nc12.Cl.Cl. The molecule has 3 aromatic rings. The molecule has 3 rings (SSSR count). The molecule has 0 amide bonds. The summed E-state index contributed by atoms with van der Waals surface area (Å²) in [4.78, 5) is 11.0. The van der Waals surface area contributed by atoms with Crippen LogP contribution in [-0.2, 0) is 13.0 Å². The third kappa shape index (κ3) is 5.17. The van der Waals surface area contributed by atoms with E-state index in [1.807, 2.05) is 18.4 Å². The minimum atomic E-state index is -0.271. The highest BCUT2D eigenvalue weighted by Crippen LogP contribution is 2.35. The fraction of sp³-hybridized carbons (Fsp3) is 0.333. The van der Waals surface area contributed by atoms with Crippen LogP contribution in [0.3, 0.4) is 0 Å². The lowest BCUT2D eigenvalue weighted by molar-refractivity contribution is 0.265. The van der Waals surface area contributed by atoms with E-state index >= 15 is 0 Å². The van der Waals surface area contributed by atoms with Gasteiger partial charge in [0.05, 0.1) is 23.4 Å². The summed E-state index contributed by atoms with van der Waals surface area (Å²) in [6, 6.07) is 3.82. The number of aliphatic hydroxyl groups excluding tert-OH is 1. The number of rotatable bonds is 6. The van der Waals surface area contributed by atoms with Gasteiger partial charge in [-0.2, -0.15) is 4.98 Å². The quantitative estimate of drug-likeness (QED) is 0.503. The average molecular weight is 442 g/mol. The molecule has 1 unspecified atom stereocenters. The van der Waals surface area contributed by atoms with Gasteiger partial charge in [-0.1, -0.05) is 6.07 Å². The number of halogens is 3. The number of nitrogens with zero attached hydrogens (tertiary/aromatic N) is 2. The molecule has 0 aliphatic carbocycles. The van der Waals surface area contributed by atoms with Crippen LogP contribution in [0.4, 0.5) is 5.82 Å². The molecule has 4 N–H and O–H groups in total. The minimum absolute atomic E-state index is 0. The number of thiophene rings is 2. The van der Waals surface area contributed by atoms with Crippen molar-refractivity contribution in [1.82, 2.24) is 9.97 Å². The van der Waals surface area contributed by atoms with Crippen LogP contribution in [0.25, 0.3) is 10.2 Å². The number of aryl methyl sites for hydroxylation is 1. The van der Waals surface area contributed by atoms with Crippen LogP contribution >= 0.6 is 59.1 Å². The van der Waals surface area contributed by atoms with Gasteiger partial charge in [0.15, 0.2) is 0 Å². The fourth-order valence-corrected chi connectivity index (χ4v) is 4.42. The van der Waals surface area contributed by atoms with Crippen LogP contribution in [-0.4, -0.2) is 27.7 Å². The largest absolute Gasteiger partial charge is 0.395 e. The molecular formula is C15H19Cl3N4OS2. The highest BCUT2D eigenvalue weighted by atomic mass is 35.5. The second kappa shape index (κ2) is 9.87. The number of anilines is 1. The second-order valence-electron chi connectivity index (χ2n) is 5.25.